The molecule has 146 valence electrons. The number of hydrogen-bond donors (Lipinski definition) is 2. The zero-order valence-corrected chi connectivity index (χ0v) is 17.1. The Morgan fingerprint density at radius 3 is 2.62 bits per heavy atom. The van der Waals surface area contributed by atoms with Gasteiger partial charge in [0.15, 0.2) is 5.69 Å². The Hall–Kier alpha value is -3.39. The van der Waals surface area contributed by atoms with Crippen LogP contribution in [0.15, 0.2) is 65.3 Å². The molecule has 0 bridgehead atoms. The molecule has 0 saturated carbocycles. The van der Waals surface area contributed by atoms with E-state index in [1.165, 1.54) is 0 Å². The van der Waals surface area contributed by atoms with Crippen LogP contribution < -0.4 is 5.32 Å². The van der Waals surface area contributed by atoms with E-state index >= 15 is 0 Å². The van der Waals surface area contributed by atoms with Crippen LogP contribution in [0.1, 0.15) is 27.9 Å². The number of halogens is 1. The maximum atomic E-state index is 12.7. The lowest BCUT2D eigenvalue weighted by Crippen LogP contribution is -2.13. The SMILES string of the molecule is CCOC(=O)c1ccn(-c2ccc(NC(=O)c3[nH]c4ccccc4c3Br)cc2)n1. The zero-order valence-electron chi connectivity index (χ0n) is 15.5. The Kier molecular flexibility index (Phi) is 5.18. The molecule has 0 fully saturated rings. The number of nitrogens with one attached hydrogen (secondary N) is 2. The minimum Gasteiger partial charge on any atom is -0.461 e. The van der Waals surface area contributed by atoms with Crippen LogP contribution in [-0.2, 0) is 4.74 Å². The van der Waals surface area contributed by atoms with Crippen molar-refractivity contribution in [1.82, 2.24) is 14.8 Å². The Morgan fingerprint density at radius 1 is 1.14 bits per heavy atom. The number of esters is 1. The van der Waals surface area contributed by atoms with Gasteiger partial charge in [0, 0.05) is 22.8 Å². The van der Waals surface area contributed by atoms with Crippen LogP contribution in [0.3, 0.4) is 0 Å². The van der Waals surface area contributed by atoms with Crippen LogP contribution in [-0.4, -0.2) is 33.2 Å². The largest absolute Gasteiger partial charge is 0.461 e. The number of hydrogen-bond acceptors (Lipinski definition) is 4. The van der Waals surface area contributed by atoms with Crippen molar-refractivity contribution in [1.29, 1.82) is 0 Å². The summed E-state index contributed by atoms with van der Waals surface area (Å²) in [5.74, 6) is -0.705. The minimum absolute atomic E-state index is 0.243. The van der Waals surface area contributed by atoms with Gasteiger partial charge in [0.05, 0.1) is 16.8 Å². The monoisotopic (exact) mass is 452 g/mol. The number of H-pyrrole nitrogens is 1. The molecule has 2 aromatic heterocycles. The Bertz CT molecular complexity index is 1190. The number of para-hydroxylation sites is 1. The number of anilines is 1. The summed E-state index contributed by atoms with van der Waals surface area (Å²) < 4.78 is 7.25. The number of amides is 1. The topological polar surface area (TPSA) is 89.0 Å². The smallest absolute Gasteiger partial charge is 0.358 e. The van der Waals surface area contributed by atoms with E-state index in [0.717, 1.165) is 21.1 Å². The molecule has 0 saturated heterocycles. The van der Waals surface area contributed by atoms with Gasteiger partial charge >= 0.3 is 5.97 Å². The summed E-state index contributed by atoms with van der Waals surface area (Å²) in [6.45, 7) is 2.04. The third-order valence-corrected chi connectivity index (χ3v) is 5.16. The van der Waals surface area contributed by atoms with Crippen molar-refractivity contribution >= 4 is 44.4 Å². The summed E-state index contributed by atoms with van der Waals surface area (Å²) in [6.07, 6.45) is 1.68. The molecule has 7 nitrogen and oxygen atoms in total. The van der Waals surface area contributed by atoms with E-state index < -0.39 is 5.97 Å². The summed E-state index contributed by atoms with van der Waals surface area (Å²) in [4.78, 5) is 27.5. The molecule has 4 aromatic rings. The highest BCUT2D eigenvalue weighted by atomic mass is 79.9. The fourth-order valence-corrected chi connectivity index (χ4v) is 3.56. The number of fused-ring (bicyclic) bond motifs is 1. The molecular weight excluding hydrogens is 436 g/mol. The standard InChI is InChI=1S/C21H17BrN4O3/c1-2-29-21(28)17-11-12-26(25-17)14-9-7-13(8-10-14)23-20(27)19-18(22)15-5-3-4-6-16(15)24-19/h3-12,24H,2H2,1H3,(H,23,27). The molecule has 2 heterocycles. The van der Waals surface area contributed by atoms with E-state index in [2.05, 4.69) is 31.3 Å². The van der Waals surface area contributed by atoms with Crippen LogP contribution in [0.5, 0.6) is 0 Å². The second-order valence-corrected chi connectivity index (χ2v) is 7.02. The molecule has 0 atom stereocenters. The first-order chi connectivity index (χ1) is 14.1. The van der Waals surface area contributed by atoms with E-state index in [1.807, 2.05) is 24.3 Å². The zero-order chi connectivity index (χ0) is 20.4. The van der Waals surface area contributed by atoms with Gasteiger partial charge in [-0.3, -0.25) is 4.79 Å². The van der Waals surface area contributed by atoms with Gasteiger partial charge in [0.25, 0.3) is 5.91 Å². The fourth-order valence-electron chi connectivity index (χ4n) is 2.94. The summed E-state index contributed by atoms with van der Waals surface area (Å²) in [5.41, 5.74) is 2.98. The van der Waals surface area contributed by atoms with Gasteiger partial charge in [0.2, 0.25) is 0 Å². The molecule has 0 aliphatic heterocycles. The Balaban J connectivity index is 1.50. The Morgan fingerprint density at radius 2 is 1.90 bits per heavy atom. The first-order valence-electron chi connectivity index (χ1n) is 8.97. The second-order valence-electron chi connectivity index (χ2n) is 6.23. The molecule has 2 aromatic carbocycles. The fraction of sp³-hybridized carbons (Fsp3) is 0.0952. The van der Waals surface area contributed by atoms with E-state index in [-0.39, 0.29) is 11.6 Å². The molecule has 8 heteroatoms. The summed E-state index contributed by atoms with van der Waals surface area (Å²) >= 11 is 3.49. The van der Waals surface area contributed by atoms with Gasteiger partial charge in [-0.05, 0) is 59.3 Å². The summed E-state index contributed by atoms with van der Waals surface area (Å²) in [6, 6.07) is 16.4. The van der Waals surface area contributed by atoms with E-state index in [1.54, 1.807) is 48.1 Å². The van der Waals surface area contributed by atoms with Crippen molar-refractivity contribution in [3.8, 4) is 5.69 Å². The van der Waals surface area contributed by atoms with Gasteiger partial charge < -0.3 is 15.0 Å². The Labute approximate surface area is 174 Å². The lowest BCUT2D eigenvalue weighted by Gasteiger charge is -2.06. The van der Waals surface area contributed by atoms with Crippen LogP contribution in [0.4, 0.5) is 5.69 Å². The predicted octanol–water partition coefficient (Wildman–Crippen LogP) is 4.55. The van der Waals surface area contributed by atoms with Crippen LogP contribution in [0, 0.1) is 0 Å². The van der Waals surface area contributed by atoms with Crippen molar-refractivity contribution in [3.05, 3.63) is 76.7 Å². The van der Waals surface area contributed by atoms with E-state index in [4.69, 9.17) is 4.74 Å². The lowest BCUT2D eigenvalue weighted by molar-refractivity contribution is 0.0519. The molecule has 4 rings (SSSR count). The number of benzene rings is 2. The second kappa shape index (κ2) is 7.92. The third kappa shape index (κ3) is 3.79. The van der Waals surface area contributed by atoms with Crippen molar-refractivity contribution in [2.45, 2.75) is 6.92 Å². The van der Waals surface area contributed by atoms with Crippen molar-refractivity contribution in [2.24, 2.45) is 0 Å². The van der Waals surface area contributed by atoms with Crippen molar-refractivity contribution < 1.29 is 14.3 Å². The number of aromatic nitrogens is 3. The average molecular weight is 453 g/mol. The maximum Gasteiger partial charge on any atom is 0.358 e. The highest BCUT2D eigenvalue weighted by Gasteiger charge is 2.16. The number of aromatic amines is 1. The van der Waals surface area contributed by atoms with Gasteiger partial charge in [-0.1, -0.05) is 18.2 Å². The van der Waals surface area contributed by atoms with Crippen LogP contribution in [0.25, 0.3) is 16.6 Å². The molecular formula is C21H17BrN4O3. The predicted molar refractivity (Wildman–Crippen MR) is 113 cm³/mol. The van der Waals surface area contributed by atoms with Crippen molar-refractivity contribution in [2.75, 3.05) is 11.9 Å². The number of rotatable bonds is 5. The number of carbonyl (C=O) groups excluding carboxylic acids is 2. The number of ether oxygens (including phenoxy) is 1. The molecule has 0 radical (unpaired) electrons. The highest BCUT2D eigenvalue weighted by molar-refractivity contribution is 9.10. The maximum absolute atomic E-state index is 12.7. The first-order valence-corrected chi connectivity index (χ1v) is 9.77. The average Bonchev–Trinajstić information content (AvgIpc) is 3.35. The van der Waals surface area contributed by atoms with Gasteiger partial charge in [-0.15, -0.1) is 0 Å². The molecule has 0 aliphatic rings. The normalized spacial score (nSPS) is 10.8. The third-order valence-electron chi connectivity index (χ3n) is 4.33. The minimum atomic E-state index is -0.459. The van der Waals surface area contributed by atoms with Gasteiger partial charge in [-0.25, -0.2) is 9.48 Å². The number of nitrogens with zero attached hydrogens (tertiary/aromatic N) is 2. The number of carbonyl (C=O) groups is 2. The molecule has 1 amide bonds. The molecule has 29 heavy (non-hydrogen) atoms. The van der Waals surface area contributed by atoms with Crippen LogP contribution in [0.2, 0.25) is 0 Å². The summed E-state index contributed by atoms with van der Waals surface area (Å²) in [7, 11) is 0. The van der Waals surface area contributed by atoms with E-state index in [9.17, 15) is 9.59 Å². The molecule has 0 spiro atoms. The molecule has 2 N–H and O–H groups in total. The summed E-state index contributed by atoms with van der Waals surface area (Å²) in [5, 5.41) is 8.04. The highest BCUT2D eigenvalue weighted by Crippen LogP contribution is 2.28. The molecule has 0 unspecified atom stereocenters. The van der Waals surface area contributed by atoms with E-state index in [0.29, 0.717) is 18.0 Å². The molecule has 0 aliphatic carbocycles. The first kappa shape index (κ1) is 18.9. The van der Waals surface area contributed by atoms with Crippen molar-refractivity contribution in [3.63, 3.8) is 0 Å². The van der Waals surface area contributed by atoms with Crippen LogP contribution >= 0.6 is 15.9 Å². The lowest BCUT2D eigenvalue weighted by atomic mass is 10.2. The van der Waals surface area contributed by atoms with Gasteiger partial charge in [0.1, 0.15) is 5.69 Å². The van der Waals surface area contributed by atoms with Gasteiger partial charge in [-0.2, -0.15) is 5.10 Å². The quantitative estimate of drug-likeness (QED) is 0.434.